The number of aromatic nitrogens is 1. The molecule has 100 valence electrons. The Kier molecular flexibility index (Phi) is 3.68. The number of carbonyl (C=O) groups excluding carboxylic acids is 1. The zero-order chi connectivity index (χ0) is 13.2. The van der Waals surface area contributed by atoms with Gasteiger partial charge in [-0.05, 0) is 31.0 Å². The molecule has 0 atom stereocenters. The Morgan fingerprint density at radius 1 is 1.42 bits per heavy atom. The van der Waals surface area contributed by atoms with Gasteiger partial charge in [-0.15, -0.1) is 0 Å². The Bertz CT molecular complexity index is 608. The van der Waals surface area contributed by atoms with Crippen molar-refractivity contribution in [2.24, 2.45) is 5.92 Å². The second-order valence-corrected chi connectivity index (χ2v) is 5.97. The van der Waals surface area contributed by atoms with E-state index in [4.69, 9.17) is 16.3 Å². The number of benzene rings is 1. The standard InChI is InChI=1S/C13H13ClN2O2S/c14-9-1-2-10-11(7-9)19-13(15-10)16-12(17)8-3-5-18-6-4-8/h1-2,7-8H,3-6H2,(H,15,16,17). The number of anilines is 1. The SMILES string of the molecule is O=C(Nc1nc2ccc(Cl)cc2s1)C1CCOCC1. The van der Waals surface area contributed by atoms with Crippen molar-refractivity contribution < 1.29 is 9.53 Å². The van der Waals surface area contributed by atoms with Crippen molar-refractivity contribution in [1.82, 2.24) is 4.98 Å². The van der Waals surface area contributed by atoms with Crippen LogP contribution in [0.4, 0.5) is 5.13 Å². The molecule has 0 aliphatic carbocycles. The summed E-state index contributed by atoms with van der Waals surface area (Å²) < 4.78 is 6.23. The van der Waals surface area contributed by atoms with Gasteiger partial charge in [0.15, 0.2) is 5.13 Å². The Labute approximate surface area is 119 Å². The quantitative estimate of drug-likeness (QED) is 0.925. The third kappa shape index (κ3) is 2.88. The number of nitrogens with zero attached hydrogens (tertiary/aromatic N) is 1. The predicted molar refractivity (Wildman–Crippen MR) is 76.8 cm³/mol. The molecule has 4 nitrogen and oxygen atoms in total. The van der Waals surface area contributed by atoms with Gasteiger partial charge in [-0.25, -0.2) is 4.98 Å². The molecule has 0 radical (unpaired) electrons. The van der Waals surface area contributed by atoms with E-state index in [1.807, 2.05) is 12.1 Å². The highest BCUT2D eigenvalue weighted by Gasteiger charge is 2.22. The van der Waals surface area contributed by atoms with Crippen molar-refractivity contribution in [3.05, 3.63) is 23.2 Å². The average Bonchev–Trinajstić information content (AvgIpc) is 2.81. The Hall–Kier alpha value is -1.17. The van der Waals surface area contributed by atoms with Gasteiger partial charge in [0.05, 0.1) is 10.2 Å². The molecule has 6 heteroatoms. The molecule has 2 heterocycles. The molecule has 1 fully saturated rings. The first kappa shape index (κ1) is 12.8. The number of nitrogens with one attached hydrogen (secondary N) is 1. The smallest absolute Gasteiger partial charge is 0.229 e. The second kappa shape index (κ2) is 5.45. The minimum absolute atomic E-state index is 0.0318. The van der Waals surface area contributed by atoms with E-state index in [2.05, 4.69) is 10.3 Å². The molecule has 0 spiro atoms. The number of hydrogen-bond acceptors (Lipinski definition) is 4. The van der Waals surface area contributed by atoms with E-state index in [-0.39, 0.29) is 11.8 Å². The summed E-state index contributed by atoms with van der Waals surface area (Å²) in [7, 11) is 0. The molecule has 1 N–H and O–H groups in total. The van der Waals surface area contributed by atoms with Crippen LogP contribution in [0.1, 0.15) is 12.8 Å². The van der Waals surface area contributed by atoms with Gasteiger partial charge >= 0.3 is 0 Å². The summed E-state index contributed by atoms with van der Waals surface area (Å²) in [5.41, 5.74) is 0.858. The normalized spacial score (nSPS) is 16.7. The third-order valence-corrected chi connectivity index (χ3v) is 4.34. The van der Waals surface area contributed by atoms with Crippen LogP contribution in [0.3, 0.4) is 0 Å². The first-order valence-corrected chi connectivity index (χ1v) is 7.36. The second-order valence-electron chi connectivity index (χ2n) is 4.51. The lowest BCUT2D eigenvalue weighted by molar-refractivity contribution is -0.122. The molecule has 1 amide bonds. The molecule has 1 aliphatic rings. The predicted octanol–water partition coefficient (Wildman–Crippen LogP) is 3.31. The van der Waals surface area contributed by atoms with Crippen molar-refractivity contribution in [3.8, 4) is 0 Å². The first-order valence-electron chi connectivity index (χ1n) is 6.17. The Morgan fingerprint density at radius 3 is 3.00 bits per heavy atom. The van der Waals surface area contributed by atoms with E-state index in [9.17, 15) is 4.79 Å². The van der Waals surface area contributed by atoms with Gasteiger partial charge in [0.2, 0.25) is 5.91 Å². The van der Waals surface area contributed by atoms with Crippen molar-refractivity contribution >= 4 is 44.2 Å². The summed E-state index contributed by atoms with van der Waals surface area (Å²) >= 11 is 7.38. The molecule has 1 aromatic carbocycles. The molecule has 2 aromatic rings. The maximum atomic E-state index is 12.1. The lowest BCUT2D eigenvalue weighted by atomic mass is 10.00. The highest BCUT2D eigenvalue weighted by Crippen LogP contribution is 2.29. The van der Waals surface area contributed by atoms with Gasteiger partial charge in [0.1, 0.15) is 0 Å². The molecular weight excluding hydrogens is 284 g/mol. The van der Waals surface area contributed by atoms with Crippen molar-refractivity contribution in [1.29, 1.82) is 0 Å². The average molecular weight is 297 g/mol. The van der Waals surface area contributed by atoms with Crippen LogP contribution in [0.5, 0.6) is 0 Å². The summed E-state index contributed by atoms with van der Waals surface area (Å²) in [4.78, 5) is 16.5. The molecule has 0 bridgehead atoms. The van der Waals surface area contributed by atoms with Crippen LogP contribution >= 0.6 is 22.9 Å². The number of thiazole rings is 1. The number of rotatable bonds is 2. The van der Waals surface area contributed by atoms with Crippen LogP contribution in [0.25, 0.3) is 10.2 Å². The fourth-order valence-electron chi connectivity index (χ4n) is 2.12. The number of hydrogen-bond donors (Lipinski definition) is 1. The highest BCUT2D eigenvalue weighted by molar-refractivity contribution is 7.22. The lowest BCUT2D eigenvalue weighted by Crippen LogP contribution is -2.28. The molecule has 1 saturated heterocycles. The van der Waals surface area contributed by atoms with E-state index < -0.39 is 0 Å². The number of halogens is 1. The lowest BCUT2D eigenvalue weighted by Gasteiger charge is -2.20. The van der Waals surface area contributed by atoms with Crippen LogP contribution in [-0.4, -0.2) is 24.1 Å². The minimum atomic E-state index is 0.0318. The van der Waals surface area contributed by atoms with Gasteiger partial charge in [-0.1, -0.05) is 22.9 Å². The summed E-state index contributed by atoms with van der Waals surface area (Å²) in [5, 5.41) is 4.20. The fourth-order valence-corrected chi connectivity index (χ4v) is 3.26. The van der Waals surface area contributed by atoms with Crippen LogP contribution in [-0.2, 0) is 9.53 Å². The van der Waals surface area contributed by atoms with Crippen LogP contribution in [0, 0.1) is 5.92 Å². The number of amides is 1. The van der Waals surface area contributed by atoms with Gasteiger partial charge in [-0.3, -0.25) is 4.79 Å². The van der Waals surface area contributed by atoms with E-state index in [0.29, 0.717) is 23.4 Å². The van der Waals surface area contributed by atoms with E-state index in [1.54, 1.807) is 6.07 Å². The fraction of sp³-hybridized carbons (Fsp3) is 0.385. The van der Waals surface area contributed by atoms with Gasteiger partial charge in [-0.2, -0.15) is 0 Å². The van der Waals surface area contributed by atoms with Crippen LogP contribution in [0.15, 0.2) is 18.2 Å². The zero-order valence-electron chi connectivity index (χ0n) is 10.2. The van der Waals surface area contributed by atoms with Crippen LogP contribution in [0.2, 0.25) is 5.02 Å². The van der Waals surface area contributed by atoms with E-state index in [1.165, 1.54) is 11.3 Å². The molecule has 1 aromatic heterocycles. The van der Waals surface area contributed by atoms with Gasteiger partial charge < -0.3 is 10.1 Å². The van der Waals surface area contributed by atoms with Crippen molar-refractivity contribution in [2.45, 2.75) is 12.8 Å². The maximum Gasteiger partial charge on any atom is 0.229 e. The molecule has 0 saturated carbocycles. The monoisotopic (exact) mass is 296 g/mol. The zero-order valence-corrected chi connectivity index (χ0v) is 11.8. The summed E-state index contributed by atoms with van der Waals surface area (Å²) in [5.74, 6) is 0.0674. The summed E-state index contributed by atoms with van der Waals surface area (Å²) in [6.07, 6.45) is 1.56. The van der Waals surface area contributed by atoms with Crippen molar-refractivity contribution in [3.63, 3.8) is 0 Å². The number of ether oxygens (including phenoxy) is 1. The van der Waals surface area contributed by atoms with Crippen LogP contribution < -0.4 is 5.32 Å². The molecule has 3 rings (SSSR count). The number of carbonyl (C=O) groups is 1. The first-order chi connectivity index (χ1) is 9.22. The molecular formula is C13H13ClN2O2S. The Morgan fingerprint density at radius 2 is 2.21 bits per heavy atom. The van der Waals surface area contributed by atoms with Crippen molar-refractivity contribution in [2.75, 3.05) is 18.5 Å². The van der Waals surface area contributed by atoms with E-state index in [0.717, 1.165) is 23.1 Å². The highest BCUT2D eigenvalue weighted by atomic mass is 35.5. The van der Waals surface area contributed by atoms with E-state index >= 15 is 0 Å². The topological polar surface area (TPSA) is 51.2 Å². The molecule has 1 aliphatic heterocycles. The maximum absolute atomic E-state index is 12.1. The summed E-state index contributed by atoms with van der Waals surface area (Å²) in [6, 6.07) is 5.52. The molecule has 0 unspecified atom stereocenters. The van der Waals surface area contributed by atoms with Gasteiger partial charge in [0, 0.05) is 24.2 Å². The largest absolute Gasteiger partial charge is 0.381 e. The number of fused-ring (bicyclic) bond motifs is 1. The minimum Gasteiger partial charge on any atom is -0.381 e. The van der Waals surface area contributed by atoms with Gasteiger partial charge in [0.25, 0.3) is 0 Å². The Balaban J connectivity index is 1.75. The third-order valence-electron chi connectivity index (χ3n) is 3.17. The summed E-state index contributed by atoms with van der Waals surface area (Å²) in [6.45, 7) is 1.32. The molecule has 19 heavy (non-hydrogen) atoms.